The summed E-state index contributed by atoms with van der Waals surface area (Å²) in [5, 5.41) is 24.7. The second-order valence-corrected chi connectivity index (χ2v) is 5.37. The lowest BCUT2D eigenvalue weighted by molar-refractivity contribution is -0.125. The van der Waals surface area contributed by atoms with Gasteiger partial charge in [0.1, 0.15) is 24.5 Å². The van der Waals surface area contributed by atoms with Crippen molar-refractivity contribution in [2.45, 2.75) is 31.8 Å². The molecular weight excluding hydrogens is 282 g/mol. The molecule has 0 spiro atoms. The molecule has 0 bridgehead atoms. The first-order valence-corrected chi connectivity index (χ1v) is 6.42. The van der Waals surface area contributed by atoms with Crippen molar-refractivity contribution in [3.8, 4) is 5.75 Å². The summed E-state index contributed by atoms with van der Waals surface area (Å²) in [4.78, 5) is 3.82. The fraction of sp³-hybridized carbons (Fsp3) is 0.385. The minimum Gasteiger partial charge on any atom is -0.466 e. The largest absolute Gasteiger partial charge is 0.466 e. The summed E-state index contributed by atoms with van der Waals surface area (Å²) in [5.74, 6) is 0.498. The maximum Gasteiger partial charge on any atom is 0.221 e. The van der Waals surface area contributed by atoms with Gasteiger partial charge in [-0.1, -0.05) is 11.6 Å². The smallest absolute Gasteiger partial charge is 0.221 e. The third kappa shape index (κ3) is 3.47. The van der Waals surface area contributed by atoms with E-state index in [9.17, 15) is 10.2 Å². The van der Waals surface area contributed by atoms with Crippen molar-refractivity contribution >= 4 is 11.6 Å². The van der Waals surface area contributed by atoms with Gasteiger partial charge in [0.25, 0.3) is 0 Å². The molecule has 0 aliphatic heterocycles. The van der Waals surface area contributed by atoms with Gasteiger partial charge in [-0.25, -0.2) is 9.67 Å². The van der Waals surface area contributed by atoms with Crippen LogP contribution in [0.25, 0.3) is 0 Å². The van der Waals surface area contributed by atoms with Gasteiger partial charge < -0.3 is 14.9 Å². The van der Waals surface area contributed by atoms with E-state index in [0.717, 1.165) is 0 Å². The highest BCUT2D eigenvalue weighted by atomic mass is 35.5. The Bertz CT molecular complexity index is 537. The quantitative estimate of drug-likeness (QED) is 0.877. The number of aliphatic hydroxyl groups excluding tert-OH is 1. The van der Waals surface area contributed by atoms with Crippen LogP contribution in [0.3, 0.4) is 0 Å². The summed E-state index contributed by atoms with van der Waals surface area (Å²) < 4.78 is 7.04. The molecule has 1 aromatic heterocycles. The van der Waals surface area contributed by atoms with Crippen molar-refractivity contribution in [2.75, 3.05) is 0 Å². The summed E-state index contributed by atoms with van der Waals surface area (Å²) in [6.07, 6.45) is 0.642. The summed E-state index contributed by atoms with van der Waals surface area (Å²) in [6, 6.07) is 6.68. The Morgan fingerprint density at radius 3 is 2.45 bits per heavy atom. The van der Waals surface area contributed by atoms with Crippen LogP contribution in [-0.4, -0.2) is 36.7 Å². The zero-order valence-corrected chi connectivity index (χ0v) is 11.9. The Hall–Kier alpha value is -1.63. The number of ether oxygens (including phenoxy) is 1. The van der Waals surface area contributed by atoms with Crippen LogP contribution in [0.1, 0.15) is 20.1 Å². The van der Waals surface area contributed by atoms with Crippen LogP contribution in [0.5, 0.6) is 5.75 Å². The van der Waals surface area contributed by atoms with Gasteiger partial charge in [-0.05, 0) is 38.1 Å². The number of aliphatic hydroxyl groups is 2. The van der Waals surface area contributed by atoms with Crippen LogP contribution in [0.4, 0.5) is 0 Å². The highest BCUT2D eigenvalue weighted by Crippen LogP contribution is 2.26. The van der Waals surface area contributed by atoms with Gasteiger partial charge in [-0.15, -0.1) is 0 Å². The molecule has 0 radical (unpaired) electrons. The maximum atomic E-state index is 10.2. The number of hydrogen-bond donors (Lipinski definition) is 2. The second-order valence-electron chi connectivity index (χ2n) is 4.94. The number of rotatable bonds is 5. The number of benzene rings is 1. The van der Waals surface area contributed by atoms with Crippen LogP contribution in [-0.2, 0) is 0 Å². The molecule has 108 valence electrons. The topological polar surface area (TPSA) is 80.4 Å². The van der Waals surface area contributed by atoms with E-state index in [1.807, 2.05) is 0 Å². The van der Waals surface area contributed by atoms with Crippen molar-refractivity contribution in [2.24, 2.45) is 0 Å². The van der Waals surface area contributed by atoms with Crippen LogP contribution in [0.15, 0.2) is 36.9 Å². The van der Waals surface area contributed by atoms with E-state index in [1.165, 1.54) is 31.2 Å². The molecule has 2 rings (SSSR count). The zero-order chi connectivity index (χ0) is 14.8. The Labute approximate surface area is 121 Å². The Morgan fingerprint density at radius 2 is 1.95 bits per heavy atom. The van der Waals surface area contributed by atoms with Crippen LogP contribution >= 0.6 is 11.6 Å². The molecule has 0 saturated heterocycles. The molecule has 2 N–H and O–H groups in total. The molecule has 2 atom stereocenters. The van der Waals surface area contributed by atoms with Gasteiger partial charge >= 0.3 is 0 Å². The average Bonchev–Trinajstić information content (AvgIpc) is 2.90. The predicted molar refractivity (Wildman–Crippen MR) is 73.4 cm³/mol. The fourth-order valence-corrected chi connectivity index (χ4v) is 1.74. The van der Waals surface area contributed by atoms with Crippen LogP contribution < -0.4 is 4.74 Å². The van der Waals surface area contributed by atoms with Gasteiger partial charge in [0.05, 0.1) is 5.60 Å². The van der Waals surface area contributed by atoms with E-state index in [1.54, 1.807) is 24.3 Å². The second kappa shape index (κ2) is 5.78. The standard InChI is InChI=1S/C13H16ClN3O3/c1-13(2,19)11(18)12(17-8-15-7-16-17)20-10-5-3-9(14)4-6-10/h3-8,11-12,18-19H,1-2H3. The lowest BCUT2D eigenvalue weighted by Crippen LogP contribution is -2.44. The molecule has 6 nitrogen and oxygen atoms in total. The monoisotopic (exact) mass is 297 g/mol. The minimum absolute atomic E-state index is 0.498. The molecule has 0 saturated carbocycles. The van der Waals surface area contributed by atoms with Gasteiger partial charge in [0, 0.05) is 5.02 Å². The summed E-state index contributed by atoms with van der Waals surface area (Å²) >= 11 is 5.81. The van der Waals surface area contributed by atoms with Gasteiger partial charge in [0.2, 0.25) is 6.23 Å². The predicted octanol–water partition coefficient (Wildman–Crippen LogP) is 1.64. The number of halogens is 1. The molecule has 0 amide bonds. The highest BCUT2D eigenvalue weighted by Gasteiger charge is 2.35. The molecule has 2 aromatic rings. The SMILES string of the molecule is CC(C)(O)C(O)C(Oc1ccc(Cl)cc1)n1cncn1. The molecule has 0 fully saturated rings. The summed E-state index contributed by atoms with van der Waals surface area (Å²) in [5.41, 5.74) is -1.36. The van der Waals surface area contributed by atoms with Crippen molar-refractivity contribution in [1.29, 1.82) is 0 Å². The van der Waals surface area contributed by atoms with Gasteiger partial charge in [0.15, 0.2) is 0 Å². The summed E-state index contributed by atoms with van der Waals surface area (Å²) in [6.45, 7) is 2.99. The molecule has 0 aliphatic rings. The Balaban J connectivity index is 2.26. The molecule has 0 aliphatic carbocycles. The normalized spacial score (nSPS) is 14.8. The van der Waals surface area contributed by atoms with E-state index in [0.29, 0.717) is 10.8 Å². The number of nitrogens with zero attached hydrogens (tertiary/aromatic N) is 3. The first-order chi connectivity index (χ1) is 9.38. The van der Waals surface area contributed by atoms with E-state index in [4.69, 9.17) is 16.3 Å². The first-order valence-electron chi connectivity index (χ1n) is 6.04. The molecular formula is C13H16ClN3O3. The lowest BCUT2D eigenvalue weighted by Gasteiger charge is -2.31. The van der Waals surface area contributed by atoms with Crippen LogP contribution in [0.2, 0.25) is 5.02 Å². The van der Waals surface area contributed by atoms with Crippen LogP contribution in [0, 0.1) is 0 Å². The van der Waals surface area contributed by atoms with Gasteiger partial charge in [-0.3, -0.25) is 0 Å². The Kier molecular flexibility index (Phi) is 4.27. The van der Waals surface area contributed by atoms with Crippen molar-refractivity contribution in [3.05, 3.63) is 41.9 Å². The Morgan fingerprint density at radius 1 is 1.30 bits per heavy atom. The van der Waals surface area contributed by atoms with E-state index in [-0.39, 0.29) is 0 Å². The zero-order valence-electron chi connectivity index (χ0n) is 11.1. The highest BCUT2D eigenvalue weighted by molar-refractivity contribution is 6.30. The van der Waals surface area contributed by atoms with Crippen molar-refractivity contribution < 1.29 is 14.9 Å². The molecule has 1 heterocycles. The molecule has 7 heteroatoms. The van der Waals surface area contributed by atoms with E-state index >= 15 is 0 Å². The maximum absolute atomic E-state index is 10.2. The fourth-order valence-electron chi connectivity index (χ4n) is 1.61. The number of aromatic nitrogens is 3. The average molecular weight is 298 g/mol. The minimum atomic E-state index is -1.36. The third-order valence-corrected chi connectivity index (χ3v) is 3.01. The number of hydrogen-bond acceptors (Lipinski definition) is 5. The summed E-state index contributed by atoms with van der Waals surface area (Å²) in [7, 11) is 0. The molecule has 20 heavy (non-hydrogen) atoms. The molecule has 2 unspecified atom stereocenters. The third-order valence-electron chi connectivity index (χ3n) is 2.76. The molecule has 1 aromatic carbocycles. The van der Waals surface area contributed by atoms with Gasteiger partial charge in [-0.2, -0.15) is 5.10 Å². The lowest BCUT2D eigenvalue weighted by atomic mass is 10.0. The first kappa shape index (κ1) is 14.8. The van der Waals surface area contributed by atoms with E-state index in [2.05, 4.69) is 10.1 Å². The van der Waals surface area contributed by atoms with Crippen molar-refractivity contribution in [3.63, 3.8) is 0 Å². The van der Waals surface area contributed by atoms with E-state index < -0.39 is 17.9 Å². The van der Waals surface area contributed by atoms with Crippen molar-refractivity contribution in [1.82, 2.24) is 14.8 Å².